The van der Waals surface area contributed by atoms with Crippen molar-refractivity contribution in [3.05, 3.63) is 197 Å². The van der Waals surface area contributed by atoms with Crippen LogP contribution in [0.1, 0.15) is 150 Å². The first-order valence-electron chi connectivity index (χ1n) is 37.2. The minimum Gasteiger partial charge on any atom is -1.00 e. The Morgan fingerprint density at radius 1 is 0.520 bits per heavy atom. The topological polar surface area (TPSA) is 551 Å². The van der Waals surface area contributed by atoms with E-state index in [0.717, 1.165) is 53.5 Å². The SMILES string of the molecule is C.Cc1cc(B(O)O)ccc1Br.O=C=O.O=C=O.O=C=O.[B].[C-]#[N+][C@H]1CCOCC1n1cc(C(N)=O)c(N)n1.[C-]#[N+][C@H]1CCOCC1n1cc(C(N)=O)c(Nc2ccc(B3OC(C)(C)C(C)(C)O3)c(C)c2)n1.[C-]#[N+][C@H]1CCOCC1n1cc(C(N)=O)c(Nc2ccc(Br)c(C)c2)n1.[C-]#[N+][C@H]1CCOC[C@@H]1n1cc(C(N)=O)c(Nc2ccc3c(c2)COB3O)n1.[H-].[Na+]. The summed E-state index contributed by atoms with van der Waals surface area (Å²) in [5, 5.41) is 54.2. The van der Waals surface area contributed by atoms with Crippen molar-refractivity contribution in [3.63, 3.8) is 0 Å². The maximum atomic E-state index is 12.1. The number of nitrogens with two attached hydrogens (primary N) is 5. The first-order chi connectivity index (χ1) is 58.1. The molecule has 6 aliphatic rings. The summed E-state index contributed by atoms with van der Waals surface area (Å²) >= 11 is 6.77. The van der Waals surface area contributed by atoms with Crippen molar-refractivity contribution in [2.75, 3.05) is 74.5 Å². The maximum Gasteiger partial charge on any atom is 1.00 e. The zero-order chi connectivity index (χ0) is 89.9. The van der Waals surface area contributed by atoms with Crippen molar-refractivity contribution in [1.82, 2.24) is 39.1 Å². The third-order valence-electron chi connectivity index (χ3n) is 20.2. The van der Waals surface area contributed by atoms with Gasteiger partial charge in [-0.2, -0.15) is 49.2 Å². The number of hydrogen-bond acceptors (Lipinski definition) is 28. The molecule has 5 fully saturated rings. The van der Waals surface area contributed by atoms with Crippen LogP contribution in [0.25, 0.3) is 19.4 Å². The van der Waals surface area contributed by atoms with Gasteiger partial charge in [-0.25, -0.2) is 26.3 Å². The van der Waals surface area contributed by atoms with Crippen LogP contribution in [0.4, 0.5) is 40.3 Å². The fourth-order valence-corrected chi connectivity index (χ4v) is 13.5. The van der Waals surface area contributed by atoms with E-state index >= 15 is 0 Å². The summed E-state index contributed by atoms with van der Waals surface area (Å²) < 4.78 is 47.7. The molecule has 651 valence electrons. The van der Waals surface area contributed by atoms with Gasteiger partial charge < -0.3 is 113 Å². The van der Waals surface area contributed by atoms with E-state index in [1.807, 2.05) is 90.9 Å². The zero-order valence-corrected chi connectivity index (χ0v) is 73.8. The van der Waals surface area contributed by atoms with E-state index in [1.54, 1.807) is 63.0 Å². The minimum atomic E-state index is -1.37. The summed E-state index contributed by atoms with van der Waals surface area (Å²) in [5.41, 5.74) is 35.8. The largest absolute Gasteiger partial charge is 1.00 e. The molecule has 3 unspecified atom stereocenters. The smallest absolute Gasteiger partial charge is 1.00 e. The van der Waals surface area contributed by atoms with E-state index in [2.05, 4.69) is 87.6 Å². The minimum absolute atomic E-state index is 0. The number of nitrogens with one attached hydrogen (secondary N) is 3. The Balaban J connectivity index is 0.000000405. The number of hydrogen-bond donors (Lipinski definition) is 11. The standard InChI is InChI=1S/C23H30BN5O4.C17H18BN5O4.C17H18BrN5O2.C10H13N5O2.C7H8BBrO2.3CO2.CH4.B.Na.H/c1-14-11-15(7-8-17(14)24-32-22(2,3)23(4,5)33-24)27-21-16(20(25)30)12-29(28-21)19-13-31-10-9-18(19)26-6;1-20-14-4-5-26-9-15(14)23-7-12(16(19)24)17(22-23)21-11-2-3-13-10(6-11)8-27-18(13)25;1-10-7-11(3-4-13(10)18)21-17-12(16(19)24)8-23(22-17)15-9-25-6-5-14(15)20-2;1-13-7-2-3-17-5-8(7)15-4-6(10(12)16)9(11)14-15;1-5-4-6(8(10)11)2-3-7(5)9;3*2-1-3;;;;/h7-8,11-12,18-19H,9-10,13H2,1-5H3,(H2,25,30)(H,27,28);2-3,6-7,14-15,25H,4-5,8-9H2,(H2,19,24)(H,21,22);3-4,7-8,14-15H,5-6,9H2,1H3,(H2,19,24)(H,21,22);4,7-8H,2-3,5H2,(H2,11,14)(H2,12,16);2-4,10-11H,1H3;;;;1H4;;;/q;;;;;;;;;;+1;-1/t18-,19?;14-,15-;14-,15?;7-,8?;;;;;;;;/m0000......../s1. The molecule has 14 rings (SSSR count). The third-order valence-corrected chi connectivity index (χ3v) is 22.0. The zero-order valence-electron chi connectivity index (χ0n) is 69.6. The summed E-state index contributed by atoms with van der Waals surface area (Å²) in [6.45, 7) is 47.3. The van der Waals surface area contributed by atoms with Gasteiger partial charge in [-0.05, 0) is 136 Å². The number of ether oxygens (including phenoxy) is 4. The van der Waals surface area contributed by atoms with Crippen LogP contribution in [-0.4, -0.2) is 214 Å². The average Bonchev–Trinajstić information content (AvgIpc) is 1.62. The van der Waals surface area contributed by atoms with Crippen LogP contribution in [0.2, 0.25) is 0 Å². The Morgan fingerprint density at radius 3 is 1.15 bits per heavy atom. The van der Waals surface area contributed by atoms with Gasteiger partial charge in [0.25, 0.3) is 23.6 Å². The first-order valence-corrected chi connectivity index (χ1v) is 38.8. The summed E-state index contributed by atoms with van der Waals surface area (Å²) in [5.74, 6) is -1.26. The van der Waals surface area contributed by atoms with Crippen LogP contribution in [0, 0.1) is 47.1 Å². The molecule has 10 heterocycles. The number of halogens is 2. The number of amides is 4. The summed E-state index contributed by atoms with van der Waals surface area (Å²) in [4.78, 5) is 110. The van der Waals surface area contributed by atoms with Gasteiger partial charge >= 0.3 is 69.4 Å². The summed E-state index contributed by atoms with van der Waals surface area (Å²) in [7, 11) is -2.74. The van der Waals surface area contributed by atoms with Crippen molar-refractivity contribution in [1.29, 1.82) is 0 Å². The quantitative estimate of drug-likeness (QED) is 0.0484. The van der Waals surface area contributed by atoms with E-state index in [9.17, 15) is 24.2 Å². The van der Waals surface area contributed by atoms with E-state index in [0.29, 0.717) is 114 Å². The maximum absolute atomic E-state index is 12.1. The van der Waals surface area contributed by atoms with Crippen LogP contribution in [0.3, 0.4) is 0 Å². The second-order valence-corrected chi connectivity index (χ2v) is 30.4. The number of nitrogens with zero attached hydrogens (tertiary/aromatic N) is 12. The second-order valence-electron chi connectivity index (χ2n) is 28.7. The fraction of sp³-hybridized carbons (Fsp3) is 0.397. The molecule has 40 nitrogen and oxygen atoms in total. The molecule has 4 aromatic carbocycles. The number of aryl methyl sites for hydroxylation is 3. The molecule has 8 atom stereocenters. The van der Waals surface area contributed by atoms with Crippen molar-refractivity contribution in [3.8, 4) is 0 Å². The molecule has 0 bridgehead atoms. The number of nitrogen functional groups attached to an aromatic ring is 1. The molecule has 3 radical (unpaired) electrons. The molecule has 0 spiro atoms. The van der Waals surface area contributed by atoms with E-state index in [1.165, 1.54) is 10.9 Å². The molecule has 47 heteroatoms. The van der Waals surface area contributed by atoms with Gasteiger partial charge in [-0.3, -0.25) is 37.9 Å². The van der Waals surface area contributed by atoms with Gasteiger partial charge in [-0.15, -0.1) is 0 Å². The van der Waals surface area contributed by atoms with Gasteiger partial charge in [0, 0.05) is 84.9 Å². The monoisotopic (exact) mass is 1850 g/mol. The number of anilines is 7. The van der Waals surface area contributed by atoms with E-state index in [-0.39, 0.29) is 142 Å². The number of fused-ring (bicyclic) bond motifs is 1. The molecule has 5 saturated heterocycles. The van der Waals surface area contributed by atoms with Crippen molar-refractivity contribution >= 4 is 160 Å². The molecular weight excluding hydrogens is 1760 g/mol. The Bertz CT molecular complexity index is 5290. The number of rotatable bonds is 16. The fourth-order valence-electron chi connectivity index (χ4n) is 13.0. The average molecular weight is 1860 g/mol. The van der Waals surface area contributed by atoms with Crippen LogP contribution >= 0.6 is 31.9 Å². The van der Waals surface area contributed by atoms with Gasteiger partial charge in [-0.1, -0.05) is 63.6 Å². The van der Waals surface area contributed by atoms with Gasteiger partial charge in [0.05, 0.1) is 70.7 Å². The molecule has 0 saturated carbocycles. The Morgan fingerprint density at radius 2 is 0.832 bits per heavy atom. The Kier molecular flexibility index (Phi) is 42.4. The van der Waals surface area contributed by atoms with Crippen LogP contribution in [0.15, 0.2) is 107 Å². The Hall–Kier alpha value is -11.3. The van der Waals surface area contributed by atoms with Gasteiger partial charge in [0.2, 0.25) is 24.2 Å². The third kappa shape index (κ3) is 28.4. The molecular formula is C78H92B4Br2N20NaO20. The number of aromatic nitrogens is 8. The number of primary amides is 4. The molecule has 4 amide bonds. The summed E-state index contributed by atoms with van der Waals surface area (Å²) in [6, 6.07) is 20.2. The van der Waals surface area contributed by atoms with Crippen LogP contribution in [-0.2, 0) is 68.3 Å². The van der Waals surface area contributed by atoms with Gasteiger partial charge in [0.1, 0.15) is 46.4 Å². The predicted octanol–water partition coefficient (Wildman–Crippen LogP) is 1.69. The van der Waals surface area contributed by atoms with E-state index in [4.69, 9.17) is 127 Å². The molecule has 8 aromatic rings. The van der Waals surface area contributed by atoms with Crippen molar-refractivity contribution < 1.29 is 127 Å². The number of benzene rings is 4. The second kappa shape index (κ2) is 50.0. The van der Waals surface area contributed by atoms with Crippen LogP contribution < -0.4 is 90.6 Å². The van der Waals surface area contributed by atoms with Crippen molar-refractivity contribution in [2.24, 2.45) is 22.9 Å². The van der Waals surface area contributed by atoms with Crippen LogP contribution in [0.5, 0.6) is 0 Å². The first kappa shape index (κ1) is 106. The molecule has 4 aromatic heterocycles. The summed E-state index contributed by atoms with van der Waals surface area (Å²) in [6.07, 6.45) is 9.52. The molecule has 0 aliphatic carbocycles. The molecule has 6 aliphatic heterocycles. The van der Waals surface area contributed by atoms with E-state index < -0.39 is 56.2 Å². The van der Waals surface area contributed by atoms with Gasteiger partial charge in [0.15, 0.2) is 23.3 Å². The number of carbonyl (C=O) groups is 4. The Labute approximate surface area is 763 Å². The normalized spacial score (nSPS) is 19.3. The van der Waals surface area contributed by atoms with Crippen molar-refractivity contribution in [2.45, 2.75) is 148 Å². The molecule has 125 heavy (non-hydrogen) atoms. The molecule has 16 N–H and O–H groups in total. The predicted molar refractivity (Wildman–Crippen MR) is 459 cm³/mol. The number of carbonyl (C=O) groups excluding carboxylic acids is 10.